The third-order valence-corrected chi connectivity index (χ3v) is 6.48. The highest BCUT2D eigenvalue weighted by Crippen LogP contribution is 2.57. The summed E-state index contributed by atoms with van der Waals surface area (Å²) in [5, 5.41) is -5.57. The van der Waals surface area contributed by atoms with E-state index in [4.69, 9.17) is 4.74 Å². The number of hydrogen-bond acceptors (Lipinski definition) is 7. The summed E-state index contributed by atoms with van der Waals surface area (Å²) in [6, 6.07) is 0. The Morgan fingerprint density at radius 1 is 1.28 bits per heavy atom. The minimum Gasteiger partial charge on any atom is -0.461 e. The summed E-state index contributed by atoms with van der Waals surface area (Å²) in [5.74, 6) is -8.70. The second-order valence-corrected chi connectivity index (χ2v) is 8.13. The third-order valence-electron chi connectivity index (χ3n) is 5.11. The summed E-state index contributed by atoms with van der Waals surface area (Å²) in [4.78, 5) is 23.6. The van der Waals surface area contributed by atoms with Crippen LogP contribution in [-0.2, 0) is 33.4 Å². The van der Waals surface area contributed by atoms with Crippen LogP contribution in [0.4, 0.5) is 17.6 Å². The Balaban J connectivity index is 1.68. The second-order valence-electron chi connectivity index (χ2n) is 6.38. The molecule has 0 spiro atoms. The van der Waals surface area contributed by atoms with Gasteiger partial charge < -0.3 is 9.47 Å². The van der Waals surface area contributed by atoms with Crippen molar-refractivity contribution >= 4 is 22.1 Å². The van der Waals surface area contributed by atoms with Crippen LogP contribution in [0.2, 0.25) is 0 Å². The lowest BCUT2D eigenvalue weighted by Gasteiger charge is -2.27. The van der Waals surface area contributed by atoms with Gasteiger partial charge in [0.1, 0.15) is 6.10 Å². The average Bonchev–Trinajstić information content (AvgIpc) is 3.14. The Kier molecular flexibility index (Phi) is 4.06. The van der Waals surface area contributed by atoms with Crippen molar-refractivity contribution in [2.45, 2.75) is 30.1 Å². The van der Waals surface area contributed by atoms with Crippen LogP contribution in [-0.4, -0.2) is 51.4 Å². The van der Waals surface area contributed by atoms with Gasteiger partial charge in [-0.2, -0.15) is 26.0 Å². The van der Waals surface area contributed by atoms with Gasteiger partial charge in [-0.05, 0) is 18.8 Å². The first-order chi connectivity index (χ1) is 11.4. The van der Waals surface area contributed by atoms with Gasteiger partial charge in [0.05, 0.1) is 18.9 Å². The van der Waals surface area contributed by atoms with E-state index in [0.29, 0.717) is 20.0 Å². The van der Waals surface area contributed by atoms with Gasteiger partial charge in [-0.3, -0.25) is 13.8 Å². The van der Waals surface area contributed by atoms with Gasteiger partial charge >= 0.3 is 33.2 Å². The summed E-state index contributed by atoms with van der Waals surface area (Å²) in [7, 11) is -5.58. The molecule has 3 rings (SSSR count). The van der Waals surface area contributed by atoms with E-state index in [1.807, 2.05) is 0 Å². The van der Waals surface area contributed by atoms with Gasteiger partial charge in [-0.25, -0.2) is 0 Å². The van der Waals surface area contributed by atoms with Crippen LogP contribution >= 0.6 is 0 Å². The van der Waals surface area contributed by atoms with E-state index in [-0.39, 0.29) is 17.8 Å². The van der Waals surface area contributed by atoms with E-state index in [9.17, 15) is 35.6 Å². The molecule has 1 saturated heterocycles. The third kappa shape index (κ3) is 2.52. The van der Waals surface area contributed by atoms with Crippen LogP contribution in [0.5, 0.6) is 0 Å². The molecule has 7 nitrogen and oxygen atoms in total. The molecule has 0 N–H and O–H groups in total. The molecule has 142 valence electrons. The highest BCUT2D eigenvalue weighted by Gasteiger charge is 2.68. The average molecular weight is 390 g/mol. The van der Waals surface area contributed by atoms with E-state index in [0.717, 1.165) is 0 Å². The first kappa shape index (κ1) is 18.4. The molecule has 0 radical (unpaired) electrons. The number of rotatable bonds is 6. The summed E-state index contributed by atoms with van der Waals surface area (Å²) < 4.78 is 88.7. The summed E-state index contributed by atoms with van der Waals surface area (Å²) in [6.45, 7) is -2.14. The van der Waals surface area contributed by atoms with Crippen molar-refractivity contribution < 1.29 is 49.2 Å². The lowest BCUT2D eigenvalue weighted by molar-refractivity contribution is -0.201. The molecule has 0 aromatic heterocycles. The summed E-state index contributed by atoms with van der Waals surface area (Å²) in [5.41, 5.74) is 0. The molecule has 3 fully saturated rings. The van der Waals surface area contributed by atoms with Crippen LogP contribution in [0.3, 0.4) is 0 Å². The fraction of sp³-hybridized carbons (Fsp3) is 0.846. The molecule has 0 amide bonds. The quantitative estimate of drug-likeness (QED) is 0.378. The molecule has 1 heterocycles. The maximum Gasteiger partial charge on any atom is 0.435 e. The zero-order valence-electron chi connectivity index (χ0n) is 12.8. The summed E-state index contributed by atoms with van der Waals surface area (Å²) >= 11 is 0. The minimum atomic E-state index is -5.89. The molecule has 25 heavy (non-hydrogen) atoms. The Morgan fingerprint density at radius 2 is 1.92 bits per heavy atom. The highest BCUT2D eigenvalue weighted by molar-refractivity contribution is 7.87. The van der Waals surface area contributed by atoms with Gasteiger partial charge in [0.15, 0.2) is 6.61 Å². The largest absolute Gasteiger partial charge is 0.461 e. The maximum absolute atomic E-state index is 13.6. The van der Waals surface area contributed by atoms with Crippen LogP contribution in [0.1, 0.15) is 12.8 Å². The van der Waals surface area contributed by atoms with E-state index in [1.54, 1.807) is 0 Å². The van der Waals surface area contributed by atoms with E-state index >= 15 is 0 Å². The topological polar surface area (TPSA) is 96.0 Å². The maximum atomic E-state index is 13.6. The minimum absolute atomic E-state index is 0.203. The number of fused-ring (bicyclic) bond motifs is 1. The number of esters is 2. The smallest absolute Gasteiger partial charge is 0.435 e. The molecule has 1 aliphatic heterocycles. The van der Waals surface area contributed by atoms with E-state index in [1.165, 1.54) is 0 Å². The fourth-order valence-corrected chi connectivity index (χ4v) is 4.55. The molecule has 5 atom stereocenters. The number of alkyl halides is 4. The Morgan fingerprint density at radius 3 is 2.52 bits per heavy atom. The Labute approximate surface area is 139 Å². The number of carbonyl (C=O) groups is 2. The van der Waals surface area contributed by atoms with Gasteiger partial charge in [0.25, 0.3) is 0 Å². The van der Waals surface area contributed by atoms with Gasteiger partial charge in [0, 0.05) is 5.92 Å². The zero-order valence-corrected chi connectivity index (χ0v) is 13.6. The number of hydrogen-bond donors (Lipinski definition) is 0. The highest BCUT2D eigenvalue weighted by atomic mass is 32.2. The lowest BCUT2D eigenvalue weighted by atomic mass is 9.82. The normalized spacial score (nSPS) is 34.3. The number of carbonyl (C=O) groups excluding carboxylic acids is 2. The molecular weight excluding hydrogens is 376 g/mol. The van der Waals surface area contributed by atoms with Crippen molar-refractivity contribution in [1.82, 2.24) is 0 Å². The molecule has 2 bridgehead atoms. The molecule has 0 aromatic carbocycles. The lowest BCUT2D eigenvalue weighted by Crippen LogP contribution is -2.51. The van der Waals surface area contributed by atoms with Crippen molar-refractivity contribution in [2.75, 3.05) is 13.7 Å². The molecular formula is C13H14F4O7S. The molecule has 12 heteroatoms. The first-order valence-electron chi connectivity index (χ1n) is 7.36. The first-order valence-corrected chi connectivity index (χ1v) is 8.76. The van der Waals surface area contributed by atoms with Crippen LogP contribution in [0.25, 0.3) is 0 Å². The second kappa shape index (κ2) is 5.53. The van der Waals surface area contributed by atoms with Crippen molar-refractivity contribution in [3.05, 3.63) is 0 Å². The van der Waals surface area contributed by atoms with Crippen molar-refractivity contribution in [3.63, 3.8) is 0 Å². The molecule has 3 aliphatic rings. The zero-order chi connectivity index (χ0) is 18.8. The monoisotopic (exact) mass is 390 g/mol. The van der Waals surface area contributed by atoms with Crippen molar-refractivity contribution in [2.24, 2.45) is 23.7 Å². The molecule has 2 aliphatic carbocycles. The van der Waals surface area contributed by atoms with E-state index < -0.39 is 51.9 Å². The molecule has 0 aromatic rings. The molecule has 2 saturated carbocycles. The summed E-state index contributed by atoms with van der Waals surface area (Å²) in [6.07, 6.45) is 0.0381. The van der Waals surface area contributed by atoms with Crippen LogP contribution in [0, 0.1) is 23.7 Å². The van der Waals surface area contributed by atoms with Gasteiger partial charge in [-0.1, -0.05) is 0 Å². The predicted molar refractivity (Wildman–Crippen MR) is 69.9 cm³/mol. The predicted octanol–water partition coefficient (Wildman–Crippen LogP) is 0.931. The van der Waals surface area contributed by atoms with E-state index in [2.05, 4.69) is 8.92 Å². The van der Waals surface area contributed by atoms with Crippen molar-refractivity contribution in [1.29, 1.82) is 0 Å². The number of halogens is 4. The van der Waals surface area contributed by atoms with Gasteiger partial charge in [0.2, 0.25) is 0 Å². The molecule has 5 unspecified atom stereocenters. The fourth-order valence-electron chi connectivity index (χ4n) is 3.91. The van der Waals surface area contributed by atoms with Crippen molar-refractivity contribution in [3.8, 4) is 0 Å². The number of ether oxygens (including phenoxy) is 2. The van der Waals surface area contributed by atoms with Crippen LogP contribution in [0.15, 0.2) is 0 Å². The van der Waals surface area contributed by atoms with Crippen LogP contribution < -0.4 is 0 Å². The Hall–Kier alpha value is -1.43. The van der Waals surface area contributed by atoms with Gasteiger partial charge in [-0.15, -0.1) is 0 Å². The Bertz CT molecular complexity index is 707. The SMILES string of the molecule is COS(=O)(=O)C(F)(F)C(F)(F)COC(=O)C1C2CC3C(=O)OC1C3C2. The standard InChI is InChI=1S/C13H14F4O7S/c1-22-25(20,21)13(16,17)12(14,15)4-23-11(19)8-5-2-6-7(3-5)10(18)24-9(6)8/h5-9H,2-4H2,1H3.